The van der Waals surface area contributed by atoms with Crippen molar-refractivity contribution in [2.75, 3.05) is 13.2 Å². The molecule has 104 valence electrons. The van der Waals surface area contributed by atoms with Crippen molar-refractivity contribution in [3.8, 4) is 11.5 Å². The number of aliphatic hydroxyl groups is 1. The molecule has 20 heavy (non-hydrogen) atoms. The van der Waals surface area contributed by atoms with E-state index in [2.05, 4.69) is 0 Å². The first kappa shape index (κ1) is 13.3. The van der Waals surface area contributed by atoms with Gasteiger partial charge in [-0.05, 0) is 30.2 Å². The molecular formula is C16H15ClO3. The van der Waals surface area contributed by atoms with E-state index in [4.69, 9.17) is 21.1 Å². The molecule has 0 aliphatic carbocycles. The molecule has 3 nitrogen and oxygen atoms in total. The van der Waals surface area contributed by atoms with Crippen LogP contribution in [0, 0.1) is 6.92 Å². The highest BCUT2D eigenvalue weighted by Gasteiger charge is 2.18. The molecule has 1 aliphatic heterocycles. The molecule has 0 aromatic heterocycles. The van der Waals surface area contributed by atoms with Gasteiger partial charge in [0.25, 0.3) is 0 Å². The highest BCUT2D eigenvalue weighted by atomic mass is 35.5. The Bertz CT molecular complexity index is 640. The maximum absolute atomic E-state index is 10.5. The fourth-order valence-electron chi connectivity index (χ4n) is 2.29. The monoisotopic (exact) mass is 290 g/mol. The van der Waals surface area contributed by atoms with Crippen molar-refractivity contribution < 1.29 is 14.6 Å². The maximum Gasteiger partial charge on any atom is 0.161 e. The summed E-state index contributed by atoms with van der Waals surface area (Å²) in [5.41, 5.74) is 2.38. The van der Waals surface area contributed by atoms with Crippen LogP contribution in [0.25, 0.3) is 0 Å². The molecule has 1 N–H and O–H groups in total. The van der Waals surface area contributed by atoms with Crippen molar-refractivity contribution in [1.82, 2.24) is 0 Å². The van der Waals surface area contributed by atoms with Crippen molar-refractivity contribution in [1.29, 1.82) is 0 Å². The molecule has 3 rings (SSSR count). The second kappa shape index (κ2) is 5.35. The summed E-state index contributed by atoms with van der Waals surface area (Å²) in [7, 11) is 0. The molecule has 0 saturated heterocycles. The van der Waals surface area contributed by atoms with Crippen LogP contribution in [-0.2, 0) is 0 Å². The average molecular weight is 291 g/mol. The summed E-state index contributed by atoms with van der Waals surface area (Å²) < 4.78 is 11.0. The SMILES string of the molecule is Cc1cccc(C(O)c2ccc3c(c2)OCCO3)c1Cl. The lowest BCUT2D eigenvalue weighted by Crippen LogP contribution is -2.15. The number of aliphatic hydroxyl groups excluding tert-OH is 1. The van der Waals surface area contributed by atoms with Gasteiger partial charge >= 0.3 is 0 Å². The Hall–Kier alpha value is -1.71. The summed E-state index contributed by atoms with van der Waals surface area (Å²) in [6.07, 6.45) is -0.779. The van der Waals surface area contributed by atoms with Crippen molar-refractivity contribution in [2.24, 2.45) is 0 Å². The minimum absolute atomic E-state index is 0.526. The van der Waals surface area contributed by atoms with Gasteiger partial charge in [0.1, 0.15) is 19.3 Å². The minimum atomic E-state index is -0.779. The summed E-state index contributed by atoms with van der Waals surface area (Å²) >= 11 is 6.27. The van der Waals surface area contributed by atoms with Gasteiger partial charge in [-0.15, -0.1) is 0 Å². The summed E-state index contributed by atoms with van der Waals surface area (Å²) in [5.74, 6) is 1.37. The number of hydrogen-bond acceptors (Lipinski definition) is 3. The number of ether oxygens (including phenoxy) is 2. The largest absolute Gasteiger partial charge is 0.486 e. The summed E-state index contributed by atoms with van der Waals surface area (Å²) in [6, 6.07) is 11.1. The molecule has 1 unspecified atom stereocenters. The van der Waals surface area contributed by atoms with Crippen molar-refractivity contribution >= 4 is 11.6 Å². The topological polar surface area (TPSA) is 38.7 Å². The fourth-order valence-corrected chi connectivity index (χ4v) is 2.52. The normalized spacial score (nSPS) is 14.9. The van der Waals surface area contributed by atoms with E-state index >= 15 is 0 Å². The zero-order valence-corrected chi connectivity index (χ0v) is 11.9. The van der Waals surface area contributed by atoms with Crippen LogP contribution >= 0.6 is 11.6 Å². The second-order valence-electron chi connectivity index (χ2n) is 4.78. The third kappa shape index (κ3) is 2.35. The van der Waals surface area contributed by atoms with Crippen LogP contribution in [0.1, 0.15) is 22.8 Å². The molecule has 0 amide bonds. The smallest absolute Gasteiger partial charge is 0.161 e. The summed E-state index contributed by atoms with van der Waals surface area (Å²) in [4.78, 5) is 0. The summed E-state index contributed by atoms with van der Waals surface area (Å²) in [6.45, 7) is 3.00. The third-order valence-corrected chi connectivity index (χ3v) is 3.91. The van der Waals surface area contributed by atoms with Gasteiger partial charge in [-0.1, -0.05) is 35.9 Å². The molecule has 2 aromatic rings. The number of fused-ring (bicyclic) bond motifs is 1. The van der Waals surface area contributed by atoms with Crippen molar-refractivity contribution in [2.45, 2.75) is 13.0 Å². The van der Waals surface area contributed by atoms with E-state index in [1.165, 1.54) is 0 Å². The lowest BCUT2D eigenvalue weighted by molar-refractivity contribution is 0.169. The fraction of sp³-hybridized carbons (Fsp3) is 0.250. The molecule has 0 radical (unpaired) electrons. The molecule has 0 fully saturated rings. The quantitative estimate of drug-likeness (QED) is 0.920. The van der Waals surface area contributed by atoms with E-state index in [0.29, 0.717) is 35.3 Å². The highest BCUT2D eigenvalue weighted by Crippen LogP contribution is 2.36. The lowest BCUT2D eigenvalue weighted by Gasteiger charge is -2.21. The van der Waals surface area contributed by atoms with Crippen LogP contribution in [0.3, 0.4) is 0 Å². The van der Waals surface area contributed by atoms with Crippen LogP contribution in [0.5, 0.6) is 11.5 Å². The van der Waals surface area contributed by atoms with Crippen molar-refractivity contribution in [3.63, 3.8) is 0 Å². The Balaban J connectivity index is 1.98. The average Bonchev–Trinajstić information content (AvgIpc) is 2.49. The van der Waals surface area contributed by atoms with Crippen molar-refractivity contribution in [3.05, 3.63) is 58.1 Å². The third-order valence-electron chi connectivity index (χ3n) is 3.40. The van der Waals surface area contributed by atoms with Gasteiger partial charge in [0, 0.05) is 10.6 Å². The zero-order chi connectivity index (χ0) is 14.1. The highest BCUT2D eigenvalue weighted by molar-refractivity contribution is 6.32. The van der Waals surface area contributed by atoms with E-state index in [0.717, 1.165) is 11.1 Å². The van der Waals surface area contributed by atoms with E-state index in [-0.39, 0.29) is 0 Å². The number of halogens is 1. The second-order valence-corrected chi connectivity index (χ2v) is 5.16. The number of hydrogen-bond donors (Lipinski definition) is 1. The first-order chi connectivity index (χ1) is 9.66. The molecule has 1 atom stereocenters. The molecule has 1 heterocycles. The van der Waals surface area contributed by atoms with Gasteiger partial charge in [-0.25, -0.2) is 0 Å². The molecule has 0 spiro atoms. The van der Waals surface area contributed by atoms with Gasteiger partial charge < -0.3 is 14.6 Å². The van der Waals surface area contributed by atoms with E-state index < -0.39 is 6.10 Å². The van der Waals surface area contributed by atoms with Gasteiger partial charge in [0.2, 0.25) is 0 Å². The van der Waals surface area contributed by atoms with Gasteiger partial charge in [0.05, 0.1) is 0 Å². The standard InChI is InChI=1S/C16H15ClO3/c1-10-3-2-4-12(15(10)17)16(18)11-5-6-13-14(9-11)20-8-7-19-13/h2-6,9,16,18H,7-8H2,1H3. The molecular weight excluding hydrogens is 276 g/mol. The van der Waals surface area contributed by atoms with E-state index in [1.807, 2.05) is 37.3 Å². The van der Waals surface area contributed by atoms with Gasteiger partial charge in [-0.3, -0.25) is 0 Å². The van der Waals surface area contributed by atoms with Crippen LogP contribution < -0.4 is 9.47 Å². The van der Waals surface area contributed by atoms with E-state index in [1.54, 1.807) is 6.07 Å². The van der Waals surface area contributed by atoms with Crippen LogP contribution in [-0.4, -0.2) is 18.3 Å². The number of aryl methyl sites for hydroxylation is 1. The van der Waals surface area contributed by atoms with Crippen LogP contribution in [0.4, 0.5) is 0 Å². The van der Waals surface area contributed by atoms with Crippen LogP contribution in [0.15, 0.2) is 36.4 Å². The Labute approximate surface area is 122 Å². The molecule has 2 aromatic carbocycles. The molecule has 1 aliphatic rings. The first-order valence-corrected chi connectivity index (χ1v) is 6.87. The first-order valence-electron chi connectivity index (χ1n) is 6.49. The Morgan fingerprint density at radius 1 is 1.10 bits per heavy atom. The summed E-state index contributed by atoms with van der Waals surface area (Å²) in [5, 5.41) is 11.1. The predicted octanol–water partition coefficient (Wildman–Crippen LogP) is 3.50. The Morgan fingerprint density at radius 3 is 2.65 bits per heavy atom. The van der Waals surface area contributed by atoms with Crippen LogP contribution in [0.2, 0.25) is 5.02 Å². The Morgan fingerprint density at radius 2 is 1.85 bits per heavy atom. The predicted molar refractivity (Wildman–Crippen MR) is 77.7 cm³/mol. The molecule has 0 saturated carbocycles. The van der Waals surface area contributed by atoms with E-state index in [9.17, 15) is 5.11 Å². The molecule has 0 bridgehead atoms. The maximum atomic E-state index is 10.5. The minimum Gasteiger partial charge on any atom is -0.486 e. The number of rotatable bonds is 2. The van der Waals surface area contributed by atoms with Gasteiger partial charge in [-0.2, -0.15) is 0 Å². The number of benzene rings is 2. The lowest BCUT2D eigenvalue weighted by atomic mass is 9.99. The molecule has 4 heteroatoms. The Kier molecular flexibility index (Phi) is 3.55. The van der Waals surface area contributed by atoms with Gasteiger partial charge in [0.15, 0.2) is 11.5 Å². The zero-order valence-electron chi connectivity index (χ0n) is 11.1.